The molecule has 15 heavy (non-hydrogen) atoms. The summed E-state index contributed by atoms with van der Waals surface area (Å²) in [6, 6.07) is 3.49. The SMILES string of the molecule is CC=CC=C(C)n1cc(CC)ccc1=O. The van der Waals surface area contributed by atoms with Crippen molar-refractivity contribution in [2.75, 3.05) is 0 Å². The van der Waals surface area contributed by atoms with E-state index in [1.807, 2.05) is 44.3 Å². The highest BCUT2D eigenvalue weighted by molar-refractivity contribution is 5.45. The first kappa shape index (κ1) is 11.5. The second kappa shape index (κ2) is 5.35. The Hall–Kier alpha value is -1.57. The fraction of sp³-hybridized carbons (Fsp3) is 0.308. The topological polar surface area (TPSA) is 22.0 Å². The van der Waals surface area contributed by atoms with E-state index in [4.69, 9.17) is 0 Å². The maximum absolute atomic E-state index is 11.6. The van der Waals surface area contributed by atoms with Crippen LogP contribution in [0.4, 0.5) is 0 Å². The summed E-state index contributed by atoms with van der Waals surface area (Å²) in [4.78, 5) is 11.6. The molecule has 0 aliphatic rings. The lowest BCUT2D eigenvalue weighted by molar-refractivity contribution is 0.966. The molecule has 2 heteroatoms. The molecule has 80 valence electrons. The predicted molar refractivity (Wildman–Crippen MR) is 64.8 cm³/mol. The summed E-state index contributed by atoms with van der Waals surface area (Å²) in [6.07, 6.45) is 8.65. The first-order valence-corrected chi connectivity index (χ1v) is 5.20. The highest BCUT2D eigenvalue weighted by Gasteiger charge is 1.98. The lowest BCUT2D eigenvalue weighted by Gasteiger charge is -2.06. The molecule has 0 amide bonds. The van der Waals surface area contributed by atoms with Gasteiger partial charge in [-0.1, -0.05) is 25.1 Å². The largest absolute Gasteiger partial charge is 0.288 e. The average Bonchev–Trinajstić information content (AvgIpc) is 2.26. The first-order valence-electron chi connectivity index (χ1n) is 5.20. The Morgan fingerprint density at radius 1 is 1.47 bits per heavy atom. The van der Waals surface area contributed by atoms with Crippen molar-refractivity contribution in [1.82, 2.24) is 4.57 Å². The molecule has 1 aromatic heterocycles. The Kier molecular flexibility index (Phi) is 4.10. The molecular formula is C13H17NO. The zero-order valence-electron chi connectivity index (χ0n) is 9.53. The fourth-order valence-corrected chi connectivity index (χ4v) is 1.33. The number of aryl methyl sites for hydroxylation is 1. The van der Waals surface area contributed by atoms with E-state index in [9.17, 15) is 4.79 Å². The quantitative estimate of drug-likeness (QED) is 0.692. The van der Waals surface area contributed by atoms with Gasteiger partial charge in [0.2, 0.25) is 0 Å². The summed E-state index contributed by atoms with van der Waals surface area (Å²) in [7, 11) is 0. The molecule has 0 radical (unpaired) electrons. The Bertz CT molecular complexity index is 438. The van der Waals surface area contributed by atoms with Crippen molar-refractivity contribution < 1.29 is 0 Å². The van der Waals surface area contributed by atoms with Crippen molar-refractivity contribution in [2.24, 2.45) is 0 Å². The third-order valence-corrected chi connectivity index (χ3v) is 2.29. The van der Waals surface area contributed by atoms with E-state index in [2.05, 4.69) is 6.92 Å². The van der Waals surface area contributed by atoms with Crippen molar-refractivity contribution in [3.05, 3.63) is 52.5 Å². The van der Waals surface area contributed by atoms with Gasteiger partial charge in [-0.25, -0.2) is 0 Å². The lowest BCUT2D eigenvalue weighted by Crippen LogP contribution is -2.17. The number of rotatable bonds is 3. The number of allylic oxidation sites excluding steroid dienone is 4. The number of nitrogens with zero attached hydrogens (tertiary/aromatic N) is 1. The van der Waals surface area contributed by atoms with Gasteiger partial charge >= 0.3 is 0 Å². The molecule has 0 aromatic carbocycles. The highest BCUT2D eigenvalue weighted by atomic mass is 16.1. The highest BCUT2D eigenvalue weighted by Crippen LogP contribution is 2.03. The van der Waals surface area contributed by atoms with Crippen LogP contribution in [0.2, 0.25) is 0 Å². The van der Waals surface area contributed by atoms with Crippen molar-refractivity contribution in [3.8, 4) is 0 Å². The van der Waals surface area contributed by atoms with Gasteiger partial charge in [0.15, 0.2) is 0 Å². The molecule has 1 rings (SSSR count). The van der Waals surface area contributed by atoms with Crippen LogP contribution in [-0.4, -0.2) is 4.57 Å². The van der Waals surface area contributed by atoms with Crippen LogP contribution in [-0.2, 0) is 6.42 Å². The molecule has 2 nitrogen and oxygen atoms in total. The Balaban J connectivity index is 3.18. The van der Waals surface area contributed by atoms with Crippen LogP contribution in [0.3, 0.4) is 0 Å². The van der Waals surface area contributed by atoms with Crippen LogP contribution >= 0.6 is 0 Å². The van der Waals surface area contributed by atoms with Crippen LogP contribution < -0.4 is 5.56 Å². The Morgan fingerprint density at radius 3 is 2.80 bits per heavy atom. The summed E-state index contributed by atoms with van der Waals surface area (Å²) in [5, 5.41) is 0. The van der Waals surface area contributed by atoms with Gasteiger partial charge in [0, 0.05) is 18.0 Å². The first-order chi connectivity index (χ1) is 7.19. The molecule has 0 aliphatic carbocycles. The van der Waals surface area contributed by atoms with E-state index in [0.29, 0.717) is 0 Å². The maximum atomic E-state index is 11.6. The van der Waals surface area contributed by atoms with Gasteiger partial charge in [0.1, 0.15) is 0 Å². The van der Waals surface area contributed by atoms with Crippen molar-refractivity contribution in [1.29, 1.82) is 0 Å². The van der Waals surface area contributed by atoms with E-state index in [0.717, 1.165) is 12.1 Å². The molecule has 0 unspecified atom stereocenters. The maximum Gasteiger partial charge on any atom is 0.254 e. The minimum absolute atomic E-state index is 0.0189. The molecule has 1 aromatic rings. The molecule has 1 heterocycles. The summed E-state index contributed by atoms with van der Waals surface area (Å²) in [5.41, 5.74) is 2.13. The average molecular weight is 203 g/mol. The van der Waals surface area contributed by atoms with Gasteiger partial charge in [0.25, 0.3) is 5.56 Å². The third-order valence-electron chi connectivity index (χ3n) is 2.29. The minimum atomic E-state index is 0.0189. The van der Waals surface area contributed by atoms with Gasteiger partial charge in [-0.15, -0.1) is 0 Å². The number of aromatic nitrogens is 1. The number of hydrogen-bond donors (Lipinski definition) is 0. The number of hydrogen-bond acceptors (Lipinski definition) is 1. The zero-order chi connectivity index (χ0) is 11.3. The summed E-state index contributed by atoms with van der Waals surface area (Å²) in [6.45, 7) is 5.96. The van der Waals surface area contributed by atoms with E-state index >= 15 is 0 Å². The molecular weight excluding hydrogens is 186 g/mol. The van der Waals surface area contributed by atoms with Gasteiger partial charge in [0.05, 0.1) is 0 Å². The van der Waals surface area contributed by atoms with Crippen LogP contribution in [0.5, 0.6) is 0 Å². The minimum Gasteiger partial charge on any atom is -0.288 e. The van der Waals surface area contributed by atoms with E-state index < -0.39 is 0 Å². The van der Waals surface area contributed by atoms with E-state index in [1.165, 1.54) is 5.56 Å². The summed E-state index contributed by atoms with van der Waals surface area (Å²) >= 11 is 0. The van der Waals surface area contributed by atoms with Gasteiger partial charge < -0.3 is 0 Å². The molecule has 0 bridgehead atoms. The molecule has 0 spiro atoms. The van der Waals surface area contributed by atoms with Crippen molar-refractivity contribution in [2.45, 2.75) is 27.2 Å². The molecule has 0 saturated carbocycles. The summed E-state index contributed by atoms with van der Waals surface area (Å²) in [5.74, 6) is 0. The molecule has 0 N–H and O–H groups in total. The van der Waals surface area contributed by atoms with Crippen molar-refractivity contribution >= 4 is 5.70 Å². The fourth-order valence-electron chi connectivity index (χ4n) is 1.33. The standard InChI is InChI=1S/C13H17NO/c1-4-6-7-11(3)14-10-12(5-2)8-9-13(14)15/h4,6-10H,5H2,1-3H3. The smallest absolute Gasteiger partial charge is 0.254 e. The number of pyridine rings is 1. The predicted octanol–water partition coefficient (Wildman–Crippen LogP) is 2.85. The van der Waals surface area contributed by atoms with Gasteiger partial charge in [-0.2, -0.15) is 0 Å². The van der Waals surface area contributed by atoms with Crippen molar-refractivity contribution in [3.63, 3.8) is 0 Å². The van der Waals surface area contributed by atoms with E-state index in [1.54, 1.807) is 10.6 Å². The van der Waals surface area contributed by atoms with Gasteiger partial charge in [-0.05, 0) is 31.9 Å². The molecule has 0 atom stereocenters. The van der Waals surface area contributed by atoms with E-state index in [-0.39, 0.29) is 5.56 Å². The molecule has 0 saturated heterocycles. The molecule has 0 aliphatic heterocycles. The lowest BCUT2D eigenvalue weighted by atomic mass is 10.2. The Morgan fingerprint density at radius 2 is 2.20 bits per heavy atom. The van der Waals surface area contributed by atoms with Crippen LogP contribution in [0.25, 0.3) is 5.70 Å². The molecule has 0 fully saturated rings. The van der Waals surface area contributed by atoms with Crippen LogP contribution in [0, 0.1) is 0 Å². The Labute approximate surface area is 90.6 Å². The van der Waals surface area contributed by atoms with Crippen LogP contribution in [0.15, 0.2) is 41.4 Å². The third kappa shape index (κ3) is 2.94. The zero-order valence-corrected chi connectivity index (χ0v) is 9.53. The second-order valence-corrected chi connectivity index (χ2v) is 3.43. The monoisotopic (exact) mass is 203 g/mol. The normalized spacial score (nSPS) is 12.3. The van der Waals surface area contributed by atoms with Gasteiger partial charge in [-0.3, -0.25) is 9.36 Å². The van der Waals surface area contributed by atoms with Crippen LogP contribution in [0.1, 0.15) is 26.3 Å². The second-order valence-electron chi connectivity index (χ2n) is 3.43. The summed E-state index contributed by atoms with van der Waals surface area (Å²) < 4.78 is 1.68.